The Labute approximate surface area is 169 Å². The van der Waals surface area contributed by atoms with Crippen molar-refractivity contribution in [3.05, 3.63) is 54.1 Å². The molecule has 0 saturated heterocycles. The van der Waals surface area contributed by atoms with E-state index in [9.17, 15) is 23.2 Å². The first-order chi connectivity index (χ1) is 13.8. The van der Waals surface area contributed by atoms with Gasteiger partial charge in [-0.05, 0) is 55.0 Å². The van der Waals surface area contributed by atoms with Crippen molar-refractivity contribution in [1.82, 2.24) is 4.47 Å². The van der Waals surface area contributed by atoms with Crippen molar-refractivity contribution in [1.29, 1.82) is 0 Å². The Hall–Kier alpha value is -3.19. The third-order valence-electron chi connectivity index (χ3n) is 4.05. The first kappa shape index (κ1) is 22.1. The Balaban J connectivity index is 2.00. The van der Waals surface area contributed by atoms with E-state index in [1.807, 2.05) is 0 Å². The van der Waals surface area contributed by atoms with Gasteiger partial charge in [0.1, 0.15) is 18.1 Å². The Morgan fingerprint density at radius 1 is 1.24 bits per heavy atom. The second-order valence-electron chi connectivity index (χ2n) is 5.97. The molecule has 2 N–H and O–H groups in total. The summed E-state index contributed by atoms with van der Waals surface area (Å²) in [6.07, 6.45) is 5.11. The zero-order valence-electron chi connectivity index (χ0n) is 15.6. The maximum Gasteiger partial charge on any atom is 0.265 e. The molecular formula is C20H20N2O6S. The molecule has 1 atom stereocenters. The average molecular weight is 416 g/mol. The van der Waals surface area contributed by atoms with E-state index < -0.39 is 22.0 Å². The van der Waals surface area contributed by atoms with Gasteiger partial charge in [0, 0.05) is 17.7 Å². The summed E-state index contributed by atoms with van der Waals surface area (Å²) in [5.41, 5.74) is 0.983. The number of rotatable bonds is 9. The van der Waals surface area contributed by atoms with Crippen LogP contribution < -0.4 is 10.1 Å². The van der Waals surface area contributed by atoms with Gasteiger partial charge < -0.3 is 14.8 Å². The van der Waals surface area contributed by atoms with Gasteiger partial charge in [-0.3, -0.25) is 10.0 Å². The fourth-order valence-electron chi connectivity index (χ4n) is 2.42. The molecule has 29 heavy (non-hydrogen) atoms. The maximum atomic E-state index is 12.5. The van der Waals surface area contributed by atoms with Crippen molar-refractivity contribution >= 4 is 27.9 Å². The third-order valence-corrected chi connectivity index (χ3v) is 5.68. The van der Waals surface area contributed by atoms with E-state index in [4.69, 9.17) is 11.2 Å². The van der Waals surface area contributed by atoms with Gasteiger partial charge >= 0.3 is 0 Å². The number of hydroxylamine groups is 1. The molecule has 0 fully saturated rings. The van der Waals surface area contributed by atoms with Crippen LogP contribution in [0, 0.1) is 12.3 Å². The summed E-state index contributed by atoms with van der Waals surface area (Å²) in [7, 11) is -2.83. The summed E-state index contributed by atoms with van der Waals surface area (Å²) in [6.45, 7) is 0. The largest absolute Gasteiger partial charge is 0.497 e. The lowest BCUT2D eigenvalue weighted by atomic mass is 10.2. The maximum absolute atomic E-state index is 12.5. The van der Waals surface area contributed by atoms with Gasteiger partial charge in [0.15, 0.2) is 0 Å². The van der Waals surface area contributed by atoms with Crippen LogP contribution in [0.15, 0.2) is 53.4 Å². The summed E-state index contributed by atoms with van der Waals surface area (Å²) in [6, 6.07) is 10.4. The van der Waals surface area contributed by atoms with Crippen molar-refractivity contribution in [3.8, 4) is 18.1 Å². The van der Waals surface area contributed by atoms with Crippen LogP contribution >= 0.6 is 0 Å². The lowest BCUT2D eigenvalue weighted by Crippen LogP contribution is -2.39. The van der Waals surface area contributed by atoms with Gasteiger partial charge in [-0.25, -0.2) is 8.42 Å². The number of benzene rings is 2. The first-order valence-electron chi connectivity index (χ1n) is 8.51. The fraction of sp³-hybridized carbons (Fsp3) is 0.200. The number of aldehydes is 1. The number of carbonyl (C=O) groups is 2. The van der Waals surface area contributed by atoms with Gasteiger partial charge in [0.05, 0.1) is 12.0 Å². The number of nitrogens with zero attached hydrogens (tertiary/aromatic N) is 1. The number of ether oxygens (including phenoxy) is 1. The van der Waals surface area contributed by atoms with Crippen LogP contribution in [0.3, 0.4) is 0 Å². The van der Waals surface area contributed by atoms with E-state index in [1.165, 1.54) is 31.4 Å². The summed E-state index contributed by atoms with van der Waals surface area (Å²) >= 11 is 0. The fourth-order valence-corrected chi connectivity index (χ4v) is 3.62. The molecule has 0 aliphatic heterocycles. The number of terminal acetylenes is 1. The predicted octanol–water partition coefficient (Wildman–Crippen LogP) is 2.04. The zero-order valence-corrected chi connectivity index (χ0v) is 16.4. The highest BCUT2D eigenvalue weighted by Crippen LogP contribution is 2.19. The van der Waals surface area contributed by atoms with E-state index in [2.05, 4.69) is 11.2 Å². The van der Waals surface area contributed by atoms with Gasteiger partial charge in [-0.15, -0.1) is 6.42 Å². The SMILES string of the molecule is C#Cc1ccc(S(=O)(=O)N(O)[C@@H](C=O)CCC(=O)Nc2ccc(OC)cc2)cc1. The highest BCUT2D eigenvalue weighted by Gasteiger charge is 2.30. The second-order valence-corrected chi connectivity index (χ2v) is 7.76. The number of nitrogens with one attached hydrogen (secondary N) is 1. The monoisotopic (exact) mass is 416 g/mol. The molecule has 0 saturated carbocycles. The van der Waals surface area contributed by atoms with Crippen LogP contribution in [0.2, 0.25) is 0 Å². The van der Waals surface area contributed by atoms with Crippen molar-refractivity contribution in [3.63, 3.8) is 0 Å². The van der Waals surface area contributed by atoms with Crippen molar-refractivity contribution in [2.24, 2.45) is 0 Å². The topological polar surface area (TPSA) is 113 Å². The van der Waals surface area contributed by atoms with Gasteiger partial charge in [-0.2, -0.15) is 0 Å². The third kappa shape index (κ3) is 5.65. The van der Waals surface area contributed by atoms with E-state index in [-0.39, 0.29) is 28.5 Å². The molecule has 0 heterocycles. The molecule has 0 unspecified atom stereocenters. The van der Waals surface area contributed by atoms with Crippen LogP contribution in [-0.2, 0) is 19.6 Å². The average Bonchev–Trinajstić information content (AvgIpc) is 2.74. The van der Waals surface area contributed by atoms with Crippen molar-refractivity contribution in [2.75, 3.05) is 12.4 Å². The number of anilines is 1. The number of sulfonamides is 1. The smallest absolute Gasteiger partial charge is 0.265 e. The number of carbonyl (C=O) groups excluding carboxylic acids is 2. The van der Waals surface area contributed by atoms with Crippen molar-refractivity contribution < 1.29 is 28.0 Å². The molecule has 8 nitrogen and oxygen atoms in total. The molecule has 2 aromatic carbocycles. The van der Waals surface area contributed by atoms with E-state index in [0.717, 1.165) is 0 Å². The molecule has 0 aromatic heterocycles. The van der Waals surface area contributed by atoms with Crippen LogP contribution in [0.4, 0.5) is 5.69 Å². The van der Waals surface area contributed by atoms with Crippen LogP contribution in [-0.4, -0.2) is 43.4 Å². The van der Waals surface area contributed by atoms with E-state index in [0.29, 0.717) is 17.0 Å². The van der Waals surface area contributed by atoms with Gasteiger partial charge in [-0.1, -0.05) is 10.4 Å². The minimum Gasteiger partial charge on any atom is -0.497 e. The quantitative estimate of drug-likeness (QED) is 0.367. The standard InChI is InChI=1S/C20H20N2O6S/c1-3-15-4-11-19(12-5-15)29(26,27)22(25)17(14-23)8-13-20(24)21-16-6-9-18(28-2)10-7-16/h1,4-7,9-12,14,17,25H,8,13H2,2H3,(H,21,24)/t17-/m1/s1. The molecule has 152 valence electrons. The van der Waals surface area contributed by atoms with Crippen molar-refractivity contribution in [2.45, 2.75) is 23.8 Å². The number of hydrogen-bond donors (Lipinski definition) is 2. The Morgan fingerprint density at radius 2 is 1.86 bits per heavy atom. The summed E-state index contributed by atoms with van der Waals surface area (Å²) in [5, 5.41) is 12.7. The van der Waals surface area contributed by atoms with Crippen LogP contribution in [0.1, 0.15) is 18.4 Å². The van der Waals surface area contributed by atoms with E-state index in [1.54, 1.807) is 24.3 Å². The molecular weight excluding hydrogens is 396 g/mol. The molecule has 1 amide bonds. The Bertz CT molecular complexity index is 995. The molecule has 9 heteroatoms. The molecule has 0 radical (unpaired) electrons. The highest BCUT2D eigenvalue weighted by atomic mass is 32.2. The molecule has 2 rings (SSSR count). The minimum absolute atomic E-state index is 0.0362. The molecule has 2 aromatic rings. The zero-order chi connectivity index (χ0) is 21.4. The minimum atomic E-state index is -4.35. The summed E-state index contributed by atoms with van der Waals surface area (Å²) < 4.78 is 30.0. The summed E-state index contributed by atoms with van der Waals surface area (Å²) in [5.74, 6) is 2.54. The normalized spacial score (nSPS) is 12.1. The number of hydrogen-bond acceptors (Lipinski definition) is 6. The van der Waals surface area contributed by atoms with Gasteiger partial charge in [0.25, 0.3) is 10.0 Å². The molecule has 0 spiro atoms. The molecule has 0 aliphatic rings. The Morgan fingerprint density at radius 3 is 2.38 bits per heavy atom. The van der Waals surface area contributed by atoms with Crippen LogP contribution in [0.25, 0.3) is 0 Å². The molecule has 0 bridgehead atoms. The van der Waals surface area contributed by atoms with E-state index >= 15 is 0 Å². The highest BCUT2D eigenvalue weighted by molar-refractivity contribution is 7.89. The predicted molar refractivity (Wildman–Crippen MR) is 106 cm³/mol. The van der Waals surface area contributed by atoms with Crippen LogP contribution in [0.5, 0.6) is 5.75 Å². The lowest BCUT2D eigenvalue weighted by Gasteiger charge is -2.21. The first-order valence-corrected chi connectivity index (χ1v) is 9.95. The number of methoxy groups -OCH3 is 1. The van der Waals surface area contributed by atoms with Gasteiger partial charge in [0.2, 0.25) is 5.91 Å². The lowest BCUT2D eigenvalue weighted by molar-refractivity contribution is -0.122. The summed E-state index contributed by atoms with van der Waals surface area (Å²) in [4.78, 5) is 23.2. The molecule has 0 aliphatic carbocycles. The Kier molecular flexibility index (Phi) is 7.50. The second kappa shape index (κ2) is 9.84. The number of amides is 1.